The van der Waals surface area contributed by atoms with Gasteiger partial charge in [0.25, 0.3) is 5.56 Å². The van der Waals surface area contributed by atoms with Crippen LogP contribution in [0.15, 0.2) is 65.8 Å². The fraction of sp³-hybridized carbons (Fsp3) is 0.0909. The van der Waals surface area contributed by atoms with E-state index in [4.69, 9.17) is 11.6 Å². The molecule has 3 aromatic heterocycles. The number of fused-ring (bicyclic) bond motifs is 1. The predicted molar refractivity (Wildman–Crippen MR) is 116 cm³/mol. The molecule has 0 fully saturated rings. The fourth-order valence-electron chi connectivity index (χ4n) is 3.50. The third-order valence-corrected chi connectivity index (χ3v) is 5.33. The number of para-hydroxylation sites is 2. The lowest BCUT2D eigenvalue weighted by atomic mass is 10.0. The second-order valence-corrected chi connectivity index (χ2v) is 7.43. The topological polar surface area (TPSA) is 92.2 Å². The SMILES string of the molecule is O=c1c(CCc2ccc(F)c(Cl)c2)c(-c2cnccn2)[nH]n1-c1nc2ccccc2[nH]1. The molecular formula is C22H16ClFN6O. The van der Waals surface area contributed by atoms with Crippen LogP contribution < -0.4 is 5.56 Å². The largest absolute Gasteiger partial charge is 0.322 e. The molecule has 0 bridgehead atoms. The van der Waals surface area contributed by atoms with E-state index in [2.05, 4.69) is 25.0 Å². The zero-order valence-electron chi connectivity index (χ0n) is 16.1. The van der Waals surface area contributed by atoms with Crippen molar-refractivity contribution in [1.82, 2.24) is 29.7 Å². The molecule has 5 aromatic rings. The van der Waals surface area contributed by atoms with Gasteiger partial charge >= 0.3 is 0 Å². The summed E-state index contributed by atoms with van der Waals surface area (Å²) in [6.07, 6.45) is 5.62. The van der Waals surface area contributed by atoms with E-state index in [0.29, 0.717) is 35.7 Å². The highest BCUT2D eigenvalue weighted by Crippen LogP contribution is 2.22. The van der Waals surface area contributed by atoms with Gasteiger partial charge in [0.1, 0.15) is 11.5 Å². The highest BCUT2D eigenvalue weighted by Gasteiger charge is 2.19. The monoisotopic (exact) mass is 434 g/mol. The minimum Gasteiger partial charge on any atom is -0.322 e. The number of aromatic amines is 2. The first-order valence-corrected chi connectivity index (χ1v) is 9.97. The van der Waals surface area contributed by atoms with Crippen LogP contribution in [0.4, 0.5) is 4.39 Å². The molecule has 5 rings (SSSR count). The maximum Gasteiger partial charge on any atom is 0.277 e. The molecule has 0 saturated carbocycles. The molecule has 0 aliphatic carbocycles. The van der Waals surface area contributed by atoms with Gasteiger partial charge in [0.05, 0.1) is 27.9 Å². The molecule has 3 heterocycles. The maximum atomic E-state index is 13.5. The number of rotatable bonds is 5. The molecule has 0 atom stereocenters. The van der Waals surface area contributed by atoms with Crippen LogP contribution in [0.5, 0.6) is 0 Å². The molecule has 0 saturated heterocycles. The summed E-state index contributed by atoms with van der Waals surface area (Å²) in [4.78, 5) is 29.4. The van der Waals surface area contributed by atoms with Crippen LogP contribution in [0.2, 0.25) is 5.02 Å². The van der Waals surface area contributed by atoms with Crippen LogP contribution in [0.3, 0.4) is 0 Å². The Morgan fingerprint density at radius 3 is 2.74 bits per heavy atom. The van der Waals surface area contributed by atoms with Crippen LogP contribution in [0.1, 0.15) is 11.1 Å². The molecule has 0 unspecified atom stereocenters. The van der Waals surface area contributed by atoms with Gasteiger partial charge in [-0.15, -0.1) is 0 Å². The van der Waals surface area contributed by atoms with Gasteiger partial charge in [-0.3, -0.25) is 19.9 Å². The first-order chi connectivity index (χ1) is 15.1. The summed E-state index contributed by atoms with van der Waals surface area (Å²) in [7, 11) is 0. The Kier molecular flexibility index (Phi) is 4.83. The van der Waals surface area contributed by atoms with E-state index in [1.54, 1.807) is 30.7 Å². The molecule has 0 aliphatic rings. The minimum atomic E-state index is -0.473. The molecule has 31 heavy (non-hydrogen) atoms. The molecule has 154 valence electrons. The van der Waals surface area contributed by atoms with Crippen LogP contribution in [-0.2, 0) is 12.8 Å². The first kappa shape index (κ1) is 19.2. The third-order valence-electron chi connectivity index (χ3n) is 5.04. The van der Waals surface area contributed by atoms with Crippen molar-refractivity contribution in [3.8, 4) is 17.3 Å². The number of nitrogens with one attached hydrogen (secondary N) is 2. The summed E-state index contributed by atoms with van der Waals surface area (Å²) in [5.74, 6) is -0.0908. The highest BCUT2D eigenvalue weighted by molar-refractivity contribution is 6.30. The van der Waals surface area contributed by atoms with E-state index in [9.17, 15) is 9.18 Å². The van der Waals surface area contributed by atoms with E-state index in [1.807, 2.05) is 24.3 Å². The average Bonchev–Trinajstić information content (AvgIpc) is 3.36. The van der Waals surface area contributed by atoms with E-state index < -0.39 is 5.82 Å². The quantitative estimate of drug-likeness (QED) is 0.436. The van der Waals surface area contributed by atoms with Crippen molar-refractivity contribution < 1.29 is 4.39 Å². The van der Waals surface area contributed by atoms with E-state index in [-0.39, 0.29) is 10.6 Å². The summed E-state index contributed by atoms with van der Waals surface area (Å²) in [5.41, 5.74) is 3.79. The minimum absolute atomic E-state index is 0.0559. The normalized spacial score (nSPS) is 11.3. The van der Waals surface area contributed by atoms with Crippen LogP contribution >= 0.6 is 11.6 Å². The summed E-state index contributed by atoms with van der Waals surface area (Å²) in [5, 5.41) is 3.18. The van der Waals surface area contributed by atoms with Crippen molar-refractivity contribution in [2.75, 3.05) is 0 Å². The average molecular weight is 435 g/mol. The molecule has 0 aliphatic heterocycles. The second kappa shape index (κ2) is 7.81. The smallest absolute Gasteiger partial charge is 0.277 e. The van der Waals surface area contributed by atoms with E-state index in [0.717, 1.165) is 16.6 Å². The predicted octanol–water partition coefficient (Wildman–Crippen LogP) is 4.08. The molecule has 9 heteroatoms. The van der Waals surface area contributed by atoms with Crippen LogP contribution in [0.25, 0.3) is 28.4 Å². The Labute approximate surface area is 180 Å². The van der Waals surface area contributed by atoms with Crippen molar-refractivity contribution in [3.63, 3.8) is 0 Å². The van der Waals surface area contributed by atoms with Crippen molar-refractivity contribution in [1.29, 1.82) is 0 Å². The van der Waals surface area contributed by atoms with Gasteiger partial charge in [0, 0.05) is 18.0 Å². The number of aromatic nitrogens is 6. The van der Waals surface area contributed by atoms with Gasteiger partial charge in [0.2, 0.25) is 5.95 Å². The first-order valence-electron chi connectivity index (χ1n) is 9.59. The number of imidazole rings is 1. The Bertz CT molecular complexity index is 1410. The Morgan fingerprint density at radius 1 is 1.10 bits per heavy atom. The number of hydrogen-bond acceptors (Lipinski definition) is 4. The summed E-state index contributed by atoms with van der Waals surface area (Å²) < 4.78 is 14.8. The van der Waals surface area contributed by atoms with Crippen molar-refractivity contribution in [2.45, 2.75) is 12.8 Å². The zero-order valence-corrected chi connectivity index (χ0v) is 16.9. The molecule has 7 nitrogen and oxygen atoms in total. The molecule has 0 radical (unpaired) electrons. The lowest BCUT2D eigenvalue weighted by Crippen LogP contribution is -2.19. The van der Waals surface area contributed by atoms with Gasteiger partial charge in [0.15, 0.2) is 0 Å². The van der Waals surface area contributed by atoms with Gasteiger partial charge in [-0.25, -0.2) is 9.37 Å². The van der Waals surface area contributed by atoms with Gasteiger partial charge in [-0.05, 0) is 42.7 Å². The lowest BCUT2D eigenvalue weighted by Gasteiger charge is -2.03. The third kappa shape index (κ3) is 3.62. The second-order valence-electron chi connectivity index (χ2n) is 7.02. The van der Waals surface area contributed by atoms with Crippen molar-refractivity contribution in [2.24, 2.45) is 0 Å². The summed E-state index contributed by atoms with van der Waals surface area (Å²) in [6.45, 7) is 0. The Morgan fingerprint density at radius 2 is 1.97 bits per heavy atom. The van der Waals surface area contributed by atoms with Crippen molar-refractivity contribution in [3.05, 3.63) is 93.4 Å². The molecule has 0 amide bonds. The zero-order chi connectivity index (χ0) is 21.4. The fourth-order valence-corrected chi connectivity index (χ4v) is 3.71. The van der Waals surface area contributed by atoms with Gasteiger partial charge < -0.3 is 4.98 Å². The molecule has 0 spiro atoms. The number of benzene rings is 2. The Balaban J connectivity index is 1.58. The van der Waals surface area contributed by atoms with E-state index in [1.165, 1.54) is 10.7 Å². The standard InChI is InChI=1S/C22H16ClFN6O/c23-15-11-13(6-8-16(15)24)5-7-14-20(19-12-25-9-10-26-19)29-30(21(14)31)22-27-17-3-1-2-4-18(17)28-22/h1-4,6,8-12,29H,5,7H2,(H,27,28). The number of hydrogen-bond donors (Lipinski definition) is 2. The molecule has 2 aromatic carbocycles. The lowest BCUT2D eigenvalue weighted by molar-refractivity contribution is 0.627. The summed E-state index contributed by atoms with van der Waals surface area (Å²) in [6, 6.07) is 12.1. The molecular weight excluding hydrogens is 419 g/mol. The van der Waals surface area contributed by atoms with Crippen LogP contribution in [0, 0.1) is 5.82 Å². The Hall–Kier alpha value is -3.78. The summed E-state index contributed by atoms with van der Waals surface area (Å²) >= 11 is 5.90. The highest BCUT2D eigenvalue weighted by atomic mass is 35.5. The number of H-pyrrole nitrogens is 2. The van der Waals surface area contributed by atoms with Gasteiger partial charge in [-0.2, -0.15) is 4.68 Å². The van der Waals surface area contributed by atoms with E-state index >= 15 is 0 Å². The molecule has 2 N–H and O–H groups in total. The number of halogens is 2. The maximum absolute atomic E-state index is 13.5. The van der Waals surface area contributed by atoms with Crippen molar-refractivity contribution >= 4 is 22.6 Å². The van der Waals surface area contributed by atoms with Gasteiger partial charge in [-0.1, -0.05) is 29.8 Å². The van der Waals surface area contributed by atoms with Crippen LogP contribution in [-0.4, -0.2) is 29.7 Å². The number of nitrogens with zero attached hydrogens (tertiary/aromatic N) is 4. The number of aryl methyl sites for hydroxylation is 1.